The minimum atomic E-state index is -2.63. The molecule has 1 aromatic rings. The number of hydrogen-bond acceptors (Lipinski definition) is 10. The lowest BCUT2D eigenvalue weighted by Crippen LogP contribution is -2.58. The third kappa shape index (κ3) is 4.40. The molecular formula is C27H31N3O9. The quantitative estimate of drug-likeness (QED) is 0.166. The van der Waals surface area contributed by atoms with E-state index in [-0.39, 0.29) is 54.9 Å². The zero-order chi connectivity index (χ0) is 28.8. The lowest BCUT2D eigenvalue weighted by atomic mass is 9.59. The number of amides is 2. The number of rotatable bonds is 7. The van der Waals surface area contributed by atoms with Gasteiger partial charge in [-0.2, -0.15) is 0 Å². The van der Waals surface area contributed by atoms with Gasteiger partial charge in [0.25, 0.3) is 5.91 Å². The Morgan fingerprint density at radius 2 is 1.95 bits per heavy atom. The van der Waals surface area contributed by atoms with E-state index in [1.807, 2.05) is 0 Å². The van der Waals surface area contributed by atoms with Crippen molar-refractivity contribution < 1.29 is 44.3 Å². The van der Waals surface area contributed by atoms with E-state index in [0.29, 0.717) is 17.7 Å². The van der Waals surface area contributed by atoms with Crippen LogP contribution in [0.25, 0.3) is 5.76 Å². The molecule has 12 nitrogen and oxygen atoms in total. The zero-order valence-electron chi connectivity index (χ0n) is 21.6. The van der Waals surface area contributed by atoms with Crippen molar-refractivity contribution in [3.8, 4) is 5.75 Å². The Morgan fingerprint density at radius 1 is 1.26 bits per heavy atom. The van der Waals surface area contributed by atoms with E-state index >= 15 is 0 Å². The van der Waals surface area contributed by atoms with Gasteiger partial charge in [-0.15, -0.1) is 6.58 Å². The summed E-state index contributed by atoms with van der Waals surface area (Å²) in [7, 11) is 3.50. The van der Waals surface area contributed by atoms with Gasteiger partial charge >= 0.3 is 6.09 Å². The number of aliphatic hydroxyl groups excluding tert-OH is 2. The summed E-state index contributed by atoms with van der Waals surface area (Å²) in [6.07, 6.45) is 1.16. The van der Waals surface area contributed by atoms with E-state index < -0.39 is 58.1 Å². The first kappa shape index (κ1) is 27.7. The van der Waals surface area contributed by atoms with E-state index in [1.165, 1.54) is 0 Å². The van der Waals surface area contributed by atoms with Crippen molar-refractivity contribution in [3.63, 3.8) is 0 Å². The summed E-state index contributed by atoms with van der Waals surface area (Å²) < 4.78 is 5.02. The number of phenols is 1. The number of nitrogens with two attached hydrogens (primary N) is 1. The highest BCUT2D eigenvalue weighted by Gasteiger charge is 2.60. The number of Topliss-reactive ketones (excluding diaryl/α,β-unsaturated/α-hetero) is 2. The third-order valence-electron chi connectivity index (χ3n) is 7.58. The van der Waals surface area contributed by atoms with Crippen LogP contribution in [0, 0.1) is 11.8 Å². The molecule has 3 atom stereocenters. The smallest absolute Gasteiger partial charge is 0.407 e. The molecule has 3 aliphatic rings. The molecule has 0 bridgehead atoms. The average Bonchev–Trinajstić information content (AvgIpc) is 2.85. The summed E-state index contributed by atoms with van der Waals surface area (Å²) in [5.74, 6) is -6.93. The molecule has 0 aromatic heterocycles. The molecule has 3 unspecified atom stereocenters. The zero-order valence-corrected chi connectivity index (χ0v) is 21.6. The molecule has 1 fully saturated rings. The van der Waals surface area contributed by atoms with E-state index in [0.717, 1.165) is 0 Å². The van der Waals surface area contributed by atoms with Crippen molar-refractivity contribution in [1.82, 2.24) is 5.32 Å². The van der Waals surface area contributed by atoms with Gasteiger partial charge in [0.05, 0.1) is 12.2 Å². The molecule has 0 saturated heterocycles. The molecule has 3 aliphatic carbocycles. The summed E-state index contributed by atoms with van der Waals surface area (Å²) in [5.41, 5.74) is 2.82. The van der Waals surface area contributed by atoms with Crippen LogP contribution in [0.15, 0.2) is 35.6 Å². The standard InChI is InChI=1S/C27H31N3O9/c1-4-5-6-39-26(37)29-11-13-9-16(30(2)3)15-8-12-7-14-10-17(31)20(25(28)36)24(35)27(14,38)23(34)18(12)22(33)19(15)21(13)32/h4,9,12,14,32-33,35,38H,1,5-8,10-11H2,2-3H3,(H2,28,36)(H,29,37). The molecule has 1 saturated carbocycles. The molecule has 2 amide bonds. The van der Waals surface area contributed by atoms with E-state index in [1.54, 1.807) is 31.1 Å². The Morgan fingerprint density at radius 3 is 2.56 bits per heavy atom. The molecule has 0 spiro atoms. The number of fused-ring (bicyclic) bond motifs is 3. The molecule has 0 heterocycles. The lowest BCUT2D eigenvalue weighted by molar-refractivity contribution is -0.147. The molecule has 4 rings (SSSR count). The predicted molar refractivity (Wildman–Crippen MR) is 139 cm³/mol. The Kier molecular flexibility index (Phi) is 7.17. The maximum absolute atomic E-state index is 13.7. The Hall–Kier alpha value is -4.32. The molecule has 0 radical (unpaired) electrons. The maximum Gasteiger partial charge on any atom is 0.407 e. The fourth-order valence-corrected chi connectivity index (χ4v) is 5.71. The number of anilines is 1. The molecule has 7 N–H and O–H groups in total. The number of aliphatic hydroxyl groups is 3. The van der Waals surface area contributed by atoms with Crippen LogP contribution in [-0.4, -0.2) is 70.3 Å². The first-order chi connectivity index (χ1) is 18.3. The molecule has 1 aromatic carbocycles. The minimum absolute atomic E-state index is 0.0381. The van der Waals surface area contributed by atoms with Crippen molar-refractivity contribution in [2.75, 3.05) is 25.6 Å². The number of phenolic OH excluding ortho intramolecular Hbond substituents is 1. The van der Waals surface area contributed by atoms with Crippen molar-refractivity contribution in [2.45, 2.75) is 37.8 Å². The lowest BCUT2D eigenvalue weighted by Gasteiger charge is -2.46. The molecular weight excluding hydrogens is 510 g/mol. The number of ether oxygens (including phenoxy) is 1. The molecule has 12 heteroatoms. The summed E-state index contributed by atoms with van der Waals surface area (Å²) in [6, 6.07) is 1.65. The number of primary amides is 1. The average molecular weight is 542 g/mol. The summed E-state index contributed by atoms with van der Waals surface area (Å²) in [6.45, 7) is 3.51. The summed E-state index contributed by atoms with van der Waals surface area (Å²) in [4.78, 5) is 51.7. The number of benzene rings is 1. The van der Waals surface area contributed by atoms with Crippen molar-refractivity contribution in [1.29, 1.82) is 0 Å². The van der Waals surface area contributed by atoms with E-state index in [9.17, 15) is 39.6 Å². The monoisotopic (exact) mass is 541 g/mol. The van der Waals surface area contributed by atoms with Crippen LogP contribution in [0.2, 0.25) is 0 Å². The number of hydrogen-bond donors (Lipinski definition) is 6. The van der Waals surface area contributed by atoms with Crippen LogP contribution >= 0.6 is 0 Å². The highest BCUT2D eigenvalue weighted by Crippen LogP contribution is 2.53. The first-order valence-corrected chi connectivity index (χ1v) is 12.4. The number of aromatic hydroxyl groups is 1. The number of nitrogens with one attached hydrogen (secondary N) is 1. The number of carbonyl (C=O) groups excluding carboxylic acids is 4. The minimum Gasteiger partial charge on any atom is -0.508 e. The third-order valence-corrected chi connectivity index (χ3v) is 7.58. The Labute approximate surface area is 224 Å². The normalized spacial score (nSPS) is 24.0. The van der Waals surface area contributed by atoms with E-state index in [4.69, 9.17) is 10.5 Å². The SMILES string of the molecule is C=CCCOC(=O)NCc1cc(N(C)C)c2c(c1O)C(O)=C1C(=O)C3(O)C(O)=C(C(N)=O)C(=O)CC3CC1C2. The number of nitrogens with zero attached hydrogens (tertiary/aromatic N) is 1. The van der Waals surface area contributed by atoms with Gasteiger partial charge in [0.2, 0.25) is 5.78 Å². The highest BCUT2D eigenvalue weighted by atomic mass is 16.5. The van der Waals surface area contributed by atoms with Gasteiger partial charge in [-0.25, -0.2) is 4.79 Å². The molecule has 39 heavy (non-hydrogen) atoms. The van der Waals surface area contributed by atoms with Gasteiger partial charge in [0.15, 0.2) is 11.4 Å². The van der Waals surface area contributed by atoms with Gasteiger partial charge in [0.1, 0.15) is 22.8 Å². The second kappa shape index (κ2) is 10.1. The van der Waals surface area contributed by atoms with Crippen LogP contribution in [0.5, 0.6) is 5.75 Å². The van der Waals surface area contributed by atoms with Gasteiger partial charge in [-0.1, -0.05) is 6.08 Å². The van der Waals surface area contributed by atoms with Gasteiger partial charge in [-0.05, 0) is 36.8 Å². The Balaban J connectivity index is 1.80. The van der Waals surface area contributed by atoms with Gasteiger partial charge in [-0.3, -0.25) is 14.4 Å². The summed E-state index contributed by atoms with van der Waals surface area (Å²) >= 11 is 0. The van der Waals surface area contributed by atoms with E-state index in [2.05, 4.69) is 11.9 Å². The second-order valence-electron chi connectivity index (χ2n) is 10.1. The van der Waals surface area contributed by atoms with Crippen molar-refractivity contribution in [2.24, 2.45) is 17.6 Å². The second-order valence-corrected chi connectivity index (χ2v) is 10.1. The fraction of sp³-hybridized carbons (Fsp3) is 0.407. The largest absolute Gasteiger partial charge is 0.508 e. The van der Waals surface area contributed by atoms with Crippen molar-refractivity contribution in [3.05, 3.63) is 52.3 Å². The number of ketones is 2. The van der Waals surface area contributed by atoms with Gasteiger partial charge in [0, 0.05) is 49.8 Å². The number of alkyl carbamates (subject to hydrolysis) is 1. The van der Waals surface area contributed by atoms with Crippen LogP contribution in [-0.2, 0) is 32.1 Å². The van der Waals surface area contributed by atoms with Crippen LogP contribution < -0.4 is 16.0 Å². The topological polar surface area (TPSA) is 200 Å². The predicted octanol–water partition coefficient (Wildman–Crippen LogP) is 1.29. The first-order valence-electron chi connectivity index (χ1n) is 12.4. The van der Waals surface area contributed by atoms with Crippen LogP contribution in [0.4, 0.5) is 10.5 Å². The Bertz CT molecular complexity index is 1360. The molecule has 0 aliphatic heterocycles. The highest BCUT2D eigenvalue weighted by molar-refractivity contribution is 6.22. The van der Waals surface area contributed by atoms with Crippen molar-refractivity contribution >= 4 is 35.0 Å². The van der Waals surface area contributed by atoms with Crippen LogP contribution in [0.1, 0.15) is 36.0 Å². The number of carbonyl (C=O) groups is 4. The fourth-order valence-electron chi connectivity index (χ4n) is 5.71. The molecule has 208 valence electrons. The van der Waals surface area contributed by atoms with Gasteiger partial charge < -0.3 is 41.1 Å². The maximum atomic E-state index is 13.7. The summed E-state index contributed by atoms with van der Waals surface area (Å²) in [5, 5.41) is 47.1. The van der Waals surface area contributed by atoms with Crippen LogP contribution in [0.3, 0.4) is 0 Å².